The molecule has 16 heavy (non-hydrogen) atoms. The van der Waals surface area contributed by atoms with Gasteiger partial charge in [-0.3, -0.25) is 0 Å². The predicted molar refractivity (Wildman–Crippen MR) is 65.0 cm³/mol. The lowest BCUT2D eigenvalue weighted by atomic mass is 10.1. The minimum atomic E-state index is -0.313. The van der Waals surface area contributed by atoms with Crippen molar-refractivity contribution in [1.29, 1.82) is 0 Å². The first kappa shape index (κ1) is 11.7. The molecule has 0 amide bonds. The second-order valence-electron chi connectivity index (χ2n) is 4.52. The number of alkyl halides is 1. The highest BCUT2D eigenvalue weighted by molar-refractivity contribution is 6.20. The summed E-state index contributed by atoms with van der Waals surface area (Å²) in [6.07, 6.45) is 1.21. The molecule has 3 atom stereocenters. The maximum atomic E-state index is 9.73. The zero-order valence-electron chi connectivity index (χ0n) is 9.40. The summed E-state index contributed by atoms with van der Waals surface area (Å²) in [6, 6.07) is 7.94. The molecule has 1 aromatic carbocycles. The molecular formula is C13H17ClO2. The van der Waals surface area contributed by atoms with Gasteiger partial charge >= 0.3 is 0 Å². The van der Waals surface area contributed by atoms with Crippen LogP contribution in [0.4, 0.5) is 0 Å². The van der Waals surface area contributed by atoms with Crippen LogP contribution >= 0.6 is 11.6 Å². The van der Waals surface area contributed by atoms with E-state index in [0.29, 0.717) is 13.0 Å². The van der Waals surface area contributed by atoms with Crippen molar-refractivity contribution in [1.82, 2.24) is 0 Å². The molecule has 0 radical (unpaired) electrons. The van der Waals surface area contributed by atoms with Gasteiger partial charge in [0.15, 0.2) is 0 Å². The SMILES string of the molecule is Cc1cccc(OC[C@@H]2C[C@H](Cl)C[C@H]2O)c1. The molecular weight excluding hydrogens is 224 g/mol. The van der Waals surface area contributed by atoms with Crippen LogP contribution < -0.4 is 4.74 Å². The molecule has 1 fully saturated rings. The van der Waals surface area contributed by atoms with E-state index in [1.54, 1.807) is 0 Å². The molecule has 0 bridgehead atoms. The number of rotatable bonds is 3. The molecule has 1 aromatic rings. The van der Waals surface area contributed by atoms with E-state index < -0.39 is 0 Å². The highest BCUT2D eigenvalue weighted by Gasteiger charge is 2.32. The average Bonchev–Trinajstić information content (AvgIpc) is 2.54. The second-order valence-corrected chi connectivity index (χ2v) is 5.14. The molecule has 3 heteroatoms. The van der Waals surface area contributed by atoms with Crippen LogP contribution in [-0.4, -0.2) is 23.2 Å². The van der Waals surface area contributed by atoms with Gasteiger partial charge in [0.2, 0.25) is 0 Å². The lowest BCUT2D eigenvalue weighted by Gasteiger charge is -2.15. The number of benzene rings is 1. The van der Waals surface area contributed by atoms with Crippen LogP contribution in [0.2, 0.25) is 0 Å². The Bertz CT molecular complexity index is 354. The molecule has 88 valence electrons. The Kier molecular flexibility index (Phi) is 3.72. The van der Waals surface area contributed by atoms with Gasteiger partial charge < -0.3 is 9.84 Å². The predicted octanol–water partition coefficient (Wildman–Crippen LogP) is 2.75. The van der Waals surface area contributed by atoms with Crippen LogP contribution in [0.5, 0.6) is 5.75 Å². The highest BCUT2D eigenvalue weighted by Crippen LogP contribution is 2.30. The molecule has 1 aliphatic carbocycles. The van der Waals surface area contributed by atoms with Crippen molar-refractivity contribution >= 4 is 11.6 Å². The summed E-state index contributed by atoms with van der Waals surface area (Å²) >= 11 is 5.99. The highest BCUT2D eigenvalue weighted by atomic mass is 35.5. The van der Waals surface area contributed by atoms with E-state index in [0.717, 1.165) is 12.2 Å². The van der Waals surface area contributed by atoms with Gasteiger partial charge in [0.25, 0.3) is 0 Å². The van der Waals surface area contributed by atoms with Crippen molar-refractivity contribution < 1.29 is 9.84 Å². The standard InChI is InChI=1S/C13H17ClO2/c1-9-3-2-4-12(5-9)16-8-10-6-11(14)7-13(10)15/h2-5,10-11,13,15H,6-8H2,1H3/t10-,11-,13+/m0/s1. The number of halogens is 1. The summed E-state index contributed by atoms with van der Waals surface area (Å²) in [4.78, 5) is 0. The van der Waals surface area contributed by atoms with Gasteiger partial charge in [-0.25, -0.2) is 0 Å². The zero-order chi connectivity index (χ0) is 11.5. The lowest BCUT2D eigenvalue weighted by Crippen LogP contribution is -2.20. The molecule has 0 aliphatic heterocycles. The Morgan fingerprint density at radius 1 is 1.44 bits per heavy atom. The molecule has 0 aromatic heterocycles. The largest absolute Gasteiger partial charge is 0.493 e. The molecule has 1 N–H and O–H groups in total. The molecule has 0 heterocycles. The number of aliphatic hydroxyl groups is 1. The Morgan fingerprint density at radius 3 is 2.88 bits per heavy atom. The number of aryl methyl sites for hydroxylation is 1. The lowest BCUT2D eigenvalue weighted by molar-refractivity contribution is 0.0986. The van der Waals surface area contributed by atoms with Crippen molar-refractivity contribution in [2.24, 2.45) is 5.92 Å². The number of ether oxygens (including phenoxy) is 1. The van der Waals surface area contributed by atoms with Gasteiger partial charge in [-0.2, -0.15) is 0 Å². The monoisotopic (exact) mass is 240 g/mol. The maximum absolute atomic E-state index is 9.73. The molecule has 1 saturated carbocycles. The fourth-order valence-electron chi connectivity index (χ4n) is 2.12. The van der Waals surface area contributed by atoms with Gasteiger partial charge in [-0.05, 0) is 37.5 Å². The third-order valence-corrected chi connectivity index (χ3v) is 3.41. The van der Waals surface area contributed by atoms with Crippen LogP contribution in [0.15, 0.2) is 24.3 Å². The third-order valence-electron chi connectivity index (χ3n) is 3.05. The summed E-state index contributed by atoms with van der Waals surface area (Å²) in [5.74, 6) is 1.04. The smallest absolute Gasteiger partial charge is 0.119 e. The number of hydrogen-bond donors (Lipinski definition) is 1. The Balaban J connectivity index is 1.88. The van der Waals surface area contributed by atoms with Gasteiger partial charge in [-0.15, -0.1) is 11.6 Å². The third kappa shape index (κ3) is 2.89. The van der Waals surface area contributed by atoms with E-state index in [4.69, 9.17) is 16.3 Å². The van der Waals surface area contributed by atoms with Crippen molar-refractivity contribution in [2.75, 3.05) is 6.61 Å². The van der Waals surface area contributed by atoms with E-state index in [2.05, 4.69) is 0 Å². The summed E-state index contributed by atoms with van der Waals surface area (Å²) in [6.45, 7) is 2.58. The van der Waals surface area contributed by atoms with Crippen LogP contribution in [0, 0.1) is 12.8 Å². The molecule has 2 rings (SSSR count). The molecule has 0 saturated heterocycles. The van der Waals surface area contributed by atoms with E-state index >= 15 is 0 Å². The summed E-state index contributed by atoms with van der Waals surface area (Å²) < 4.78 is 5.67. The summed E-state index contributed by atoms with van der Waals surface area (Å²) in [7, 11) is 0. The molecule has 0 unspecified atom stereocenters. The first-order valence-corrected chi connectivity index (χ1v) is 6.10. The summed E-state index contributed by atoms with van der Waals surface area (Å²) in [5.41, 5.74) is 1.18. The minimum Gasteiger partial charge on any atom is -0.493 e. The molecule has 1 aliphatic rings. The minimum absolute atomic E-state index is 0.0982. The Hall–Kier alpha value is -0.730. The first-order valence-electron chi connectivity index (χ1n) is 5.67. The molecule has 2 nitrogen and oxygen atoms in total. The average molecular weight is 241 g/mol. The van der Waals surface area contributed by atoms with Crippen LogP contribution in [0.3, 0.4) is 0 Å². The molecule has 0 spiro atoms. The first-order chi connectivity index (χ1) is 7.65. The van der Waals surface area contributed by atoms with E-state index in [9.17, 15) is 5.11 Å². The fraction of sp³-hybridized carbons (Fsp3) is 0.538. The van der Waals surface area contributed by atoms with E-state index in [1.807, 2.05) is 31.2 Å². The maximum Gasteiger partial charge on any atom is 0.119 e. The van der Waals surface area contributed by atoms with Crippen LogP contribution in [0.1, 0.15) is 18.4 Å². The Morgan fingerprint density at radius 2 is 2.25 bits per heavy atom. The fourth-order valence-corrected chi connectivity index (χ4v) is 2.54. The van der Waals surface area contributed by atoms with Crippen LogP contribution in [-0.2, 0) is 0 Å². The van der Waals surface area contributed by atoms with E-state index in [-0.39, 0.29) is 17.4 Å². The summed E-state index contributed by atoms with van der Waals surface area (Å²) in [5, 5.41) is 9.83. The quantitative estimate of drug-likeness (QED) is 0.824. The Labute approximate surface area is 101 Å². The topological polar surface area (TPSA) is 29.5 Å². The number of aliphatic hydroxyl groups excluding tert-OH is 1. The van der Waals surface area contributed by atoms with Gasteiger partial charge in [0.05, 0.1) is 12.7 Å². The van der Waals surface area contributed by atoms with E-state index in [1.165, 1.54) is 5.56 Å². The van der Waals surface area contributed by atoms with Crippen molar-refractivity contribution in [3.8, 4) is 5.75 Å². The zero-order valence-corrected chi connectivity index (χ0v) is 10.2. The van der Waals surface area contributed by atoms with Crippen molar-refractivity contribution in [2.45, 2.75) is 31.2 Å². The van der Waals surface area contributed by atoms with Gasteiger partial charge in [0, 0.05) is 11.3 Å². The van der Waals surface area contributed by atoms with Crippen molar-refractivity contribution in [3.05, 3.63) is 29.8 Å². The normalized spacial score (nSPS) is 29.3. The van der Waals surface area contributed by atoms with Crippen molar-refractivity contribution in [3.63, 3.8) is 0 Å². The second kappa shape index (κ2) is 5.07. The van der Waals surface area contributed by atoms with Gasteiger partial charge in [0.1, 0.15) is 5.75 Å². The van der Waals surface area contributed by atoms with Crippen LogP contribution in [0.25, 0.3) is 0 Å². The number of hydrogen-bond acceptors (Lipinski definition) is 2. The van der Waals surface area contributed by atoms with Gasteiger partial charge in [-0.1, -0.05) is 12.1 Å².